The Labute approximate surface area is 163 Å². The lowest BCUT2D eigenvalue weighted by molar-refractivity contribution is -0.135. The van der Waals surface area contributed by atoms with Gasteiger partial charge in [-0.15, -0.1) is 0 Å². The van der Waals surface area contributed by atoms with Crippen molar-refractivity contribution in [3.05, 3.63) is 53.0 Å². The molecule has 136 valence electrons. The normalized spacial score (nSPS) is 20.2. The number of likely N-dealkylation sites (tertiary alicyclic amines) is 1. The summed E-state index contributed by atoms with van der Waals surface area (Å²) >= 11 is 6.57. The number of thioether (sulfide) groups is 1. The molecule has 1 aromatic carbocycles. The van der Waals surface area contributed by atoms with Crippen LogP contribution in [-0.4, -0.2) is 45.6 Å². The summed E-state index contributed by atoms with van der Waals surface area (Å²) in [5, 5.41) is 0. The summed E-state index contributed by atoms with van der Waals surface area (Å²) in [5.74, 6) is -0.190. The van der Waals surface area contributed by atoms with E-state index in [1.54, 1.807) is 6.08 Å². The molecule has 0 bridgehead atoms. The second-order valence-electron chi connectivity index (χ2n) is 6.35. The molecular weight excluding hydrogens is 364 g/mol. The van der Waals surface area contributed by atoms with Crippen molar-refractivity contribution in [3.8, 4) is 0 Å². The largest absolute Gasteiger partial charge is 0.341 e. The zero-order chi connectivity index (χ0) is 18.4. The Kier molecular flexibility index (Phi) is 6.63. The molecular formula is C20H22N2O2S2. The third kappa shape index (κ3) is 4.83. The predicted molar refractivity (Wildman–Crippen MR) is 111 cm³/mol. The molecule has 26 heavy (non-hydrogen) atoms. The first-order valence-corrected chi connectivity index (χ1v) is 10.1. The van der Waals surface area contributed by atoms with Crippen molar-refractivity contribution in [3.63, 3.8) is 0 Å². The van der Waals surface area contributed by atoms with Crippen LogP contribution in [0.25, 0.3) is 6.08 Å². The highest BCUT2D eigenvalue weighted by Gasteiger charge is 2.34. The Bertz CT molecular complexity index is 735. The second-order valence-corrected chi connectivity index (χ2v) is 8.03. The van der Waals surface area contributed by atoms with Gasteiger partial charge in [0.1, 0.15) is 10.9 Å². The number of allylic oxidation sites excluding steroid dienone is 2. The van der Waals surface area contributed by atoms with Crippen LogP contribution in [0.4, 0.5) is 0 Å². The number of benzene rings is 1. The van der Waals surface area contributed by atoms with Gasteiger partial charge >= 0.3 is 0 Å². The summed E-state index contributed by atoms with van der Waals surface area (Å²) in [5.41, 5.74) is 1.07. The van der Waals surface area contributed by atoms with Gasteiger partial charge in [-0.2, -0.15) is 0 Å². The minimum absolute atomic E-state index is 0.00993. The molecule has 0 saturated carbocycles. The maximum absolute atomic E-state index is 12.6. The van der Waals surface area contributed by atoms with Gasteiger partial charge in [0.2, 0.25) is 5.91 Å². The van der Waals surface area contributed by atoms with Crippen LogP contribution in [0.2, 0.25) is 0 Å². The zero-order valence-electron chi connectivity index (χ0n) is 14.6. The average molecular weight is 387 g/mol. The molecule has 2 saturated heterocycles. The van der Waals surface area contributed by atoms with Crippen LogP contribution in [0.15, 0.2) is 47.4 Å². The Morgan fingerprint density at radius 2 is 1.81 bits per heavy atom. The molecule has 2 fully saturated rings. The SMILES string of the molecule is O=C(CN1C(=O)C(=CC=Cc2ccccc2)SC1=S)N1CCCCCC1. The Morgan fingerprint density at radius 3 is 2.50 bits per heavy atom. The first-order chi connectivity index (χ1) is 12.6. The minimum Gasteiger partial charge on any atom is -0.341 e. The lowest BCUT2D eigenvalue weighted by Gasteiger charge is -2.23. The zero-order valence-corrected chi connectivity index (χ0v) is 16.2. The number of carbonyl (C=O) groups excluding carboxylic acids is 2. The fourth-order valence-electron chi connectivity index (χ4n) is 3.02. The number of carbonyl (C=O) groups is 2. The number of thiocarbonyl (C=S) groups is 1. The maximum atomic E-state index is 12.6. The van der Waals surface area contributed by atoms with Crippen LogP contribution in [0.5, 0.6) is 0 Å². The minimum atomic E-state index is -0.180. The molecule has 0 N–H and O–H groups in total. The highest BCUT2D eigenvalue weighted by Crippen LogP contribution is 2.31. The summed E-state index contributed by atoms with van der Waals surface area (Å²) in [4.78, 5) is 29.0. The molecule has 3 rings (SSSR count). The van der Waals surface area contributed by atoms with Crippen molar-refractivity contribution < 1.29 is 9.59 Å². The quantitative estimate of drug-likeness (QED) is 0.582. The highest BCUT2D eigenvalue weighted by atomic mass is 32.2. The van der Waals surface area contributed by atoms with E-state index in [0.29, 0.717) is 9.23 Å². The summed E-state index contributed by atoms with van der Waals surface area (Å²) in [6, 6.07) is 9.88. The van der Waals surface area contributed by atoms with Crippen molar-refractivity contribution in [1.29, 1.82) is 0 Å². The van der Waals surface area contributed by atoms with E-state index >= 15 is 0 Å². The number of rotatable bonds is 4. The van der Waals surface area contributed by atoms with Crippen molar-refractivity contribution in [2.75, 3.05) is 19.6 Å². The molecule has 0 aromatic heterocycles. The van der Waals surface area contributed by atoms with Crippen LogP contribution in [0, 0.1) is 0 Å². The second kappa shape index (κ2) is 9.14. The average Bonchev–Trinajstić information content (AvgIpc) is 2.86. The number of hydrogen-bond acceptors (Lipinski definition) is 4. The van der Waals surface area contributed by atoms with Crippen molar-refractivity contribution >= 4 is 46.2 Å². The molecule has 0 unspecified atom stereocenters. The summed E-state index contributed by atoms with van der Waals surface area (Å²) in [6.07, 6.45) is 9.96. The van der Waals surface area contributed by atoms with Gasteiger partial charge in [-0.05, 0) is 24.5 Å². The first-order valence-electron chi connectivity index (χ1n) is 8.90. The van der Waals surface area contributed by atoms with Crippen LogP contribution in [-0.2, 0) is 9.59 Å². The van der Waals surface area contributed by atoms with Gasteiger partial charge in [0.25, 0.3) is 5.91 Å². The van der Waals surface area contributed by atoms with E-state index in [0.717, 1.165) is 31.5 Å². The summed E-state index contributed by atoms with van der Waals surface area (Å²) < 4.78 is 0.456. The van der Waals surface area contributed by atoms with Gasteiger partial charge < -0.3 is 4.90 Å². The van der Waals surface area contributed by atoms with Gasteiger partial charge in [0.05, 0.1) is 4.91 Å². The van der Waals surface area contributed by atoms with Crippen LogP contribution in [0.3, 0.4) is 0 Å². The van der Waals surface area contributed by atoms with Crippen LogP contribution >= 0.6 is 24.0 Å². The molecule has 1 aromatic rings. The number of amides is 2. The number of nitrogens with zero attached hydrogens (tertiary/aromatic N) is 2. The maximum Gasteiger partial charge on any atom is 0.266 e. The molecule has 0 atom stereocenters. The summed E-state index contributed by atoms with van der Waals surface area (Å²) in [7, 11) is 0. The third-order valence-electron chi connectivity index (χ3n) is 4.46. The van der Waals surface area contributed by atoms with Gasteiger partial charge in [-0.3, -0.25) is 14.5 Å². The predicted octanol–water partition coefficient (Wildman–Crippen LogP) is 3.85. The lowest BCUT2D eigenvalue weighted by atomic mass is 10.2. The van der Waals surface area contributed by atoms with Crippen molar-refractivity contribution in [2.45, 2.75) is 25.7 Å². The number of hydrogen-bond donors (Lipinski definition) is 0. The van der Waals surface area contributed by atoms with Gasteiger partial charge in [-0.1, -0.05) is 79.3 Å². The van der Waals surface area contributed by atoms with E-state index in [1.807, 2.05) is 47.4 Å². The van der Waals surface area contributed by atoms with E-state index in [1.165, 1.54) is 29.5 Å². The highest BCUT2D eigenvalue weighted by molar-refractivity contribution is 8.26. The van der Waals surface area contributed by atoms with Crippen LogP contribution in [0.1, 0.15) is 31.2 Å². The van der Waals surface area contributed by atoms with E-state index < -0.39 is 0 Å². The fourth-order valence-corrected chi connectivity index (χ4v) is 4.22. The van der Waals surface area contributed by atoms with E-state index in [9.17, 15) is 9.59 Å². The van der Waals surface area contributed by atoms with Crippen LogP contribution < -0.4 is 0 Å². The molecule has 6 heteroatoms. The molecule has 2 aliphatic rings. The summed E-state index contributed by atoms with van der Waals surface area (Å²) in [6.45, 7) is 1.61. The monoisotopic (exact) mass is 386 g/mol. The molecule has 0 radical (unpaired) electrons. The van der Waals surface area contributed by atoms with Gasteiger partial charge in [0, 0.05) is 13.1 Å². The Hall–Kier alpha value is -1.92. The standard InChI is InChI=1S/C20H22N2O2S2/c23-18(21-13-6-1-2-7-14-21)15-22-19(24)17(26-20(22)25)12-8-11-16-9-4-3-5-10-16/h3-5,8-12H,1-2,6-7,13-15H2. The Morgan fingerprint density at radius 1 is 1.12 bits per heavy atom. The molecule has 2 aliphatic heterocycles. The van der Waals surface area contributed by atoms with Crippen molar-refractivity contribution in [2.24, 2.45) is 0 Å². The van der Waals surface area contributed by atoms with E-state index in [4.69, 9.17) is 12.2 Å². The molecule has 4 nitrogen and oxygen atoms in total. The third-order valence-corrected chi connectivity index (χ3v) is 5.86. The molecule has 2 amide bonds. The van der Waals surface area contributed by atoms with Gasteiger partial charge in [0.15, 0.2) is 0 Å². The molecule has 0 aliphatic carbocycles. The van der Waals surface area contributed by atoms with Gasteiger partial charge in [-0.25, -0.2) is 0 Å². The Balaban J connectivity index is 1.62. The molecule has 0 spiro atoms. The smallest absolute Gasteiger partial charge is 0.266 e. The van der Waals surface area contributed by atoms with Crippen molar-refractivity contribution in [1.82, 2.24) is 9.80 Å². The lowest BCUT2D eigenvalue weighted by Crippen LogP contribution is -2.42. The first kappa shape index (κ1) is 18.9. The van der Waals surface area contributed by atoms with E-state index in [2.05, 4.69) is 0 Å². The topological polar surface area (TPSA) is 40.6 Å². The fraction of sp³-hybridized carbons (Fsp3) is 0.350. The molecule has 2 heterocycles. The van der Waals surface area contributed by atoms with E-state index in [-0.39, 0.29) is 18.4 Å².